The molecule has 106 valence electrons. The van der Waals surface area contributed by atoms with Crippen LogP contribution in [0.15, 0.2) is 0 Å². The van der Waals surface area contributed by atoms with E-state index in [4.69, 9.17) is 14.2 Å². The summed E-state index contributed by atoms with van der Waals surface area (Å²) in [6, 6.07) is 0. The van der Waals surface area contributed by atoms with E-state index in [2.05, 4.69) is 13.8 Å². The van der Waals surface area contributed by atoms with E-state index >= 15 is 0 Å². The van der Waals surface area contributed by atoms with E-state index in [1.807, 2.05) is 13.8 Å². The fraction of sp³-hybridized carbons (Fsp3) is 0.929. The molecule has 4 nitrogen and oxygen atoms in total. The van der Waals surface area contributed by atoms with Crippen LogP contribution in [-0.2, 0) is 19.0 Å². The third kappa shape index (κ3) is 5.83. The third-order valence-corrected chi connectivity index (χ3v) is 3.02. The lowest BCUT2D eigenvalue weighted by atomic mass is 9.96. The highest BCUT2D eigenvalue weighted by Gasteiger charge is 2.24. The summed E-state index contributed by atoms with van der Waals surface area (Å²) in [5, 5.41) is 0. The SMILES string of the molecule is CC(C)OC(=O)COCC1CCCC(C(C)C)O1. The van der Waals surface area contributed by atoms with Crippen molar-refractivity contribution in [2.24, 2.45) is 5.92 Å². The Bertz CT molecular complexity index is 250. The largest absolute Gasteiger partial charge is 0.461 e. The van der Waals surface area contributed by atoms with Gasteiger partial charge in [0, 0.05) is 0 Å². The first-order valence-electron chi connectivity index (χ1n) is 6.91. The van der Waals surface area contributed by atoms with Gasteiger partial charge in [-0.1, -0.05) is 13.8 Å². The molecule has 0 saturated carbocycles. The van der Waals surface area contributed by atoms with Crippen molar-refractivity contribution >= 4 is 5.97 Å². The van der Waals surface area contributed by atoms with E-state index in [1.165, 1.54) is 6.42 Å². The summed E-state index contributed by atoms with van der Waals surface area (Å²) in [5.74, 6) is 0.236. The molecule has 1 fully saturated rings. The second kappa shape index (κ2) is 7.74. The second-order valence-corrected chi connectivity index (χ2v) is 5.53. The predicted molar refractivity (Wildman–Crippen MR) is 69.4 cm³/mol. The maximum atomic E-state index is 11.3. The van der Waals surface area contributed by atoms with E-state index in [1.54, 1.807) is 0 Å². The normalized spacial score (nSPS) is 24.6. The van der Waals surface area contributed by atoms with Gasteiger partial charge in [-0.25, -0.2) is 4.79 Å². The Hall–Kier alpha value is -0.610. The topological polar surface area (TPSA) is 44.8 Å². The Morgan fingerprint density at radius 2 is 2.00 bits per heavy atom. The molecule has 0 aromatic rings. The van der Waals surface area contributed by atoms with Crippen molar-refractivity contribution in [2.45, 2.75) is 65.3 Å². The molecule has 0 radical (unpaired) electrons. The molecule has 1 aliphatic heterocycles. The molecule has 18 heavy (non-hydrogen) atoms. The van der Waals surface area contributed by atoms with Crippen LogP contribution < -0.4 is 0 Å². The van der Waals surface area contributed by atoms with Crippen LogP contribution in [0.5, 0.6) is 0 Å². The summed E-state index contributed by atoms with van der Waals surface area (Å²) in [4.78, 5) is 11.3. The first-order valence-corrected chi connectivity index (χ1v) is 6.91. The molecule has 1 rings (SSSR count). The van der Waals surface area contributed by atoms with Crippen molar-refractivity contribution in [3.63, 3.8) is 0 Å². The van der Waals surface area contributed by atoms with Crippen molar-refractivity contribution in [3.05, 3.63) is 0 Å². The molecule has 4 heteroatoms. The average Bonchev–Trinajstić information content (AvgIpc) is 2.28. The van der Waals surface area contributed by atoms with E-state index in [0.717, 1.165) is 12.8 Å². The Morgan fingerprint density at radius 3 is 2.61 bits per heavy atom. The molecule has 0 aliphatic carbocycles. The van der Waals surface area contributed by atoms with Gasteiger partial charge >= 0.3 is 5.97 Å². The smallest absolute Gasteiger partial charge is 0.332 e. The molecule has 0 spiro atoms. The average molecular weight is 258 g/mol. The molecular formula is C14H26O4. The summed E-state index contributed by atoms with van der Waals surface area (Å²) in [6.07, 6.45) is 3.68. The molecule has 0 aromatic heterocycles. The molecular weight excluding hydrogens is 232 g/mol. The van der Waals surface area contributed by atoms with E-state index in [-0.39, 0.29) is 24.8 Å². The quantitative estimate of drug-likeness (QED) is 0.687. The summed E-state index contributed by atoms with van der Waals surface area (Å²) < 4.78 is 16.3. The Labute approximate surface area is 110 Å². The minimum absolute atomic E-state index is 0.0182. The highest BCUT2D eigenvalue weighted by molar-refractivity contribution is 5.70. The number of carbonyl (C=O) groups is 1. The molecule has 2 unspecified atom stereocenters. The zero-order chi connectivity index (χ0) is 13.5. The minimum Gasteiger partial charge on any atom is -0.461 e. The maximum Gasteiger partial charge on any atom is 0.332 e. The second-order valence-electron chi connectivity index (χ2n) is 5.53. The Balaban J connectivity index is 2.17. The van der Waals surface area contributed by atoms with Crippen LogP contribution in [0.1, 0.15) is 47.0 Å². The molecule has 0 N–H and O–H groups in total. The number of esters is 1. The van der Waals surface area contributed by atoms with Crippen LogP contribution in [0.2, 0.25) is 0 Å². The number of hydrogen-bond acceptors (Lipinski definition) is 4. The van der Waals surface area contributed by atoms with Gasteiger partial charge in [-0.15, -0.1) is 0 Å². The highest BCUT2D eigenvalue weighted by Crippen LogP contribution is 2.24. The summed E-state index contributed by atoms with van der Waals surface area (Å²) >= 11 is 0. The van der Waals surface area contributed by atoms with Gasteiger partial charge in [-0.3, -0.25) is 0 Å². The predicted octanol–water partition coefficient (Wildman–Crippen LogP) is 2.55. The number of carbonyl (C=O) groups excluding carboxylic acids is 1. The number of rotatable bonds is 6. The minimum atomic E-state index is -0.304. The van der Waals surface area contributed by atoms with Crippen LogP contribution in [0.3, 0.4) is 0 Å². The van der Waals surface area contributed by atoms with Crippen LogP contribution in [0.25, 0.3) is 0 Å². The standard InChI is InChI=1S/C14H26O4/c1-10(2)13-7-5-6-12(18-13)8-16-9-14(15)17-11(3)4/h10-13H,5-9H2,1-4H3. The molecule has 0 bridgehead atoms. The molecule has 0 amide bonds. The molecule has 1 aliphatic rings. The maximum absolute atomic E-state index is 11.3. The Morgan fingerprint density at radius 1 is 1.28 bits per heavy atom. The molecule has 1 heterocycles. The molecule has 0 aromatic carbocycles. The van der Waals surface area contributed by atoms with Crippen LogP contribution >= 0.6 is 0 Å². The molecule has 1 saturated heterocycles. The van der Waals surface area contributed by atoms with E-state index < -0.39 is 0 Å². The van der Waals surface area contributed by atoms with E-state index in [0.29, 0.717) is 18.6 Å². The number of hydrogen-bond donors (Lipinski definition) is 0. The van der Waals surface area contributed by atoms with Gasteiger partial charge in [-0.05, 0) is 39.0 Å². The summed E-state index contributed by atoms with van der Waals surface area (Å²) in [6.45, 7) is 8.51. The Kier molecular flexibility index (Phi) is 6.65. The summed E-state index contributed by atoms with van der Waals surface area (Å²) in [5.41, 5.74) is 0. The van der Waals surface area contributed by atoms with Crippen molar-refractivity contribution in [1.29, 1.82) is 0 Å². The van der Waals surface area contributed by atoms with Gasteiger partial charge in [-0.2, -0.15) is 0 Å². The molecule has 2 atom stereocenters. The van der Waals surface area contributed by atoms with Gasteiger partial charge in [0.05, 0.1) is 24.9 Å². The van der Waals surface area contributed by atoms with E-state index in [9.17, 15) is 4.79 Å². The van der Waals surface area contributed by atoms with Crippen LogP contribution in [0, 0.1) is 5.92 Å². The van der Waals surface area contributed by atoms with Crippen molar-refractivity contribution in [2.75, 3.05) is 13.2 Å². The lowest BCUT2D eigenvalue weighted by Gasteiger charge is -2.32. The fourth-order valence-corrected chi connectivity index (χ4v) is 2.11. The van der Waals surface area contributed by atoms with Gasteiger partial charge in [0.25, 0.3) is 0 Å². The van der Waals surface area contributed by atoms with Gasteiger partial charge < -0.3 is 14.2 Å². The van der Waals surface area contributed by atoms with Crippen molar-refractivity contribution in [3.8, 4) is 0 Å². The number of ether oxygens (including phenoxy) is 3. The van der Waals surface area contributed by atoms with Gasteiger partial charge in [0.2, 0.25) is 0 Å². The van der Waals surface area contributed by atoms with Gasteiger partial charge in [0.15, 0.2) is 0 Å². The zero-order valence-corrected chi connectivity index (χ0v) is 12.0. The first-order chi connectivity index (χ1) is 8.49. The van der Waals surface area contributed by atoms with Crippen molar-refractivity contribution < 1.29 is 19.0 Å². The third-order valence-electron chi connectivity index (χ3n) is 3.02. The highest BCUT2D eigenvalue weighted by atomic mass is 16.6. The van der Waals surface area contributed by atoms with Crippen molar-refractivity contribution in [1.82, 2.24) is 0 Å². The lowest BCUT2D eigenvalue weighted by molar-refractivity contribution is -0.156. The van der Waals surface area contributed by atoms with Crippen LogP contribution in [-0.4, -0.2) is 37.5 Å². The van der Waals surface area contributed by atoms with Crippen LogP contribution in [0.4, 0.5) is 0 Å². The zero-order valence-electron chi connectivity index (χ0n) is 12.0. The first kappa shape index (κ1) is 15.4. The lowest BCUT2D eigenvalue weighted by Crippen LogP contribution is -2.34. The monoisotopic (exact) mass is 258 g/mol. The van der Waals surface area contributed by atoms with Gasteiger partial charge in [0.1, 0.15) is 6.61 Å². The fourth-order valence-electron chi connectivity index (χ4n) is 2.11. The summed E-state index contributed by atoms with van der Waals surface area (Å²) in [7, 11) is 0.